The first kappa shape index (κ1) is 13.0. The zero-order valence-electron chi connectivity index (χ0n) is 10.1. The van der Waals surface area contributed by atoms with Crippen LogP contribution < -0.4 is 10.6 Å². The Balaban J connectivity index is 2.74. The van der Waals surface area contributed by atoms with Crippen molar-refractivity contribution in [3.63, 3.8) is 0 Å². The van der Waals surface area contributed by atoms with Gasteiger partial charge in [0.15, 0.2) is 5.82 Å². The molecule has 0 saturated heterocycles. The monoisotopic (exact) mass is 236 g/mol. The number of aryl methyl sites for hydroxylation is 1. The molecule has 6 nitrogen and oxygen atoms in total. The van der Waals surface area contributed by atoms with Crippen LogP contribution in [0.4, 0.5) is 0 Å². The highest BCUT2D eigenvalue weighted by molar-refractivity contribution is 5.17. The number of nitro groups is 1. The van der Waals surface area contributed by atoms with Gasteiger partial charge in [-0.1, -0.05) is 6.07 Å². The SMILES string of the molecule is CN/C(=C\[N+](=O)[O-])NC(C)c1ccc(C)nc1. The standard InChI is InChI=1S/C11H16N4O2/c1-8-4-5-10(6-13-8)9(2)14-11(12-3)7-15(16)17/h4-7,9,12,14H,1-3H3/b11-7+. The lowest BCUT2D eigenvalue weighted by molar-refractivity contribution is -0.404. The normalized spacial score (nSPS) is 13.0. The first-order chi connectivity index (χ1) is 8.02. The molecule has 1 atom stereocenters. The third-order valence-corrected chi connectivity index (χ3v) is 2.31. The highest BCUT2D eigenvalue weighted by atomic mass is 16.6. The average Bonchev–Trinajstić information content (AvgIpc) is 2.28. The molecule has 92 valence electrons. The number of pyridine rings is 1. The summed E-state index contributed by atoms with van der Waals surface area (Å²) in [6.45, 7) is 3.82. The van der Waals surface area contributed by atoms with Gasteiger partial charge < -0.3 is 10.6 Å². The summed E-state index contributed by atoms with van der Waals surface area (Å²) >= 11 is 0. The van der Waals surface area contributed by atoms with Crippen molar-refractivity contribution < 1.29 is 4.92 Å². The molecule has 0 aliphatic carbocycles. The zero-order valence-corrected chi connectivity index (χ0v) is 10.1. The lowest BCUT2D eigenvalue weighted by atomic mass is 10.1. The molecule has 1 unspecified atom stereocenters. The number of hydrogen-bond acceptors (Lipinski definition) is 5. The number of nitrogens with zero attached hydrogens (tertiary/aromatic N) is 2. The van der Waals surface area contributed by atoms with Crippen molar-refractivity contribution >= 4 is 0 Å². The molecular weight excluding hydrogens is 220 g/mol. The largest absolute Gasteiger partial charge is 0.370 e. The van der Waals surface area contributed by atoms with Gasteiger partial charge in [-0.15, -0.1) is 0 Å². The van der Waals surface area contributed by atoms with Crippen molar-refractivity contribution in [1.82, 2.24) is 15.6 Å². The maximum absolute atomic E-state index is 10.4. The number of nitrogens with one attached hydrogen (secondary N) is 2. The van der Waals surface area contributed by atoms with Gasteiger partial charge in [0.25, 0.3) is 6.20 Å². The van der Waals surface area contributed by atoms with Crippen molar-refractivity contribution in [1.29, 1.82) is 0 Å². The Hall–Kier alpha value is -2.11. The van der Waals surface area contributed by atoms with Crippen molar-refractivity contribution in [2.45, 2.75) is 19.9 Å². The van der Waals surface area contributed by atoms with Gasteiger partial charge >= 0.3 is 0 Å². The Kier molecular flexibility index (Phi) is 4.45. The van der Waals surface area contributed by atoms with E-state index in [1.54, 1.807) is 13.2 Å². The lowest BCUT2D eigenvalue weighted by Crippen LogP contribution is -2.27. The minimum atomic E-state index is -0.501. The fourth-order valence-corrected chi connectivity index (χ4v) is 1.33. The Morgan fingerprint density at radius 3 is 2.76 bits per heavy atom. The molecule has 0 fully saturated rings. The molecule has 0 bridgehead atoms. The van der Waals surface area contributed by atoms with E-state index in [1.807, 2.05) is 26.0 Å². The first-order valence-corrected chi connectivity index (χ1v) is 5.25. The summed E-state index contributed by atoms with van der Waals surface area (Å²) in [5, 5.41) is 16.1. The molecule has 1 aromatic rings. The molecule has 0 saturated carbocycles. The molecule has 1 heterocycles. The third kappa shape index (κ3) is 4.10. The number of aromatic nitrogens is 1. The summed E-state index contributed by atoms with van der Waals surface area (Å²) in [7, 11) is 1.63. The molecule has 0 amide bonds. The van der Waals surface area contributed by atoms with Crippen LogP contribution in [0.5, 0.6) is 0 Å². The van der Waals surface area contributed by atoms with E-state index < -0.39 is 4.92 Å². The van der Waals surface area contributed by atoms with Crippen LogP contribution in [0.25, 0.3) is 0 Å². The molecule has 1 aromatic heterocycles. The van der Waals surface area contributed by atoms with Gasteiger partial charge in [-0.2, -0.15) is 0 Å². The van der Waals surface area contributed by atoms with E-state index in [1.165, 1.54) is 0 Å². The predicted molar refractivity (Wildman–Crippen MR) is 64.7 cm³/mol. The summed E-state index contributed by atoms with van der Waals surface area (Å²) in [6, 6.07) is 3.80. The van der Waals surface area contributed by atoms with E-state index >= 15 is 0 Å². The lowest BCUT2D eigenvalue weighted by Gasteiger charge is -2.16. The van der Waals surface area contributed by atoms with Gasteiger partial charge in [0, 0.05) is 18.9 Å². The van der Waals surface area contributed by atoms with Gasteiger partial charge in [-0.25, -0.2) is 0 Å². The van der Waals surface area contributed by atoms with E-state index in [-0.39, 0.29) is 6.04 Å². The molecule has 1 rings (SSSR count). The minimum Gasteiger partial charge on any atom is -0.370 e. The quantitative estimate of drug-likeness (QED) is 0.595. The second-order valence-electron chi connectivity index (χ2n) is 3.68. The predicted octanol–water partition coefficient (Wildman–Crippen LogP) is 1.34. The van der Waals surface area contributed by atoms with Crippen molar-refractivity contribution in [2.75, 3.05) is 7.05 Å². The zero-order chi connectivity index (χ0) is 12.8. The summed E-state index contributed by atoms with van der Waals surface area (Å²) in [5.74, 6) is 0.364. The Morgan fingerprint density at radius 2 is 2.29 bits per heavy atom. The van der Waals surface area contributed by atoms with Gasteiger partial charge in [0.1, 0.15) is 0 Å². The van der Waals surface area contributed by atoms with Crippen molar-refractivity contribution in [3.05, 3.63) is 51.7 Å². The van der Waals surface area contributed by atoms with Gasteiger partial charge in [0.2, 0.25) is 0 Å². The molecule has 17 heavy (non-hydrogen) atoms. The van der Waals surface area contributed by atoms with E-state index in [9.17, 15) is 10.1 Å². The smallest absolute Gasteiger partial charge is 0.274 e. The molecule has 0 spiro atoms. The maximum atomic E-state index is 10.4. The van der Waals surface area contributed by atoms with Crippen LogP contribution in [-0.4, -0.2) is 17.0 Å². The second kappa shape index (κ2) is 5.83. The van der Waals surface area contributed by atoms with E-state index in [0.717, 1.165) is 17.5 Å². The second-order valence-corrected chi connectivity index (χ2v) is 3.68. The molecule has 0 aliphatic heterocycles. The summed E-state index contributed by atoms with van der Waals surface area (Å²) in [6.07, 6.45) is 2.66. The minimum absolute atomic E-state index is 0.0539. The van der Waals surface area contributed by atoms with Crippen LogP contribution >= 0.6 is 0 Å². The molecule has 0 radical (unpaired) electrons. The fraction of sp³-hybridized carbons (Fsp3) is 0.364. The van der Waals surface area contributed by atoms with Crippen molar-refractivity contribution in [2.24, 2.45) is 0 Å². The average molecular weight is 236 g/mol. The Morgan fingerprint density at radius 1 is 1.59 bits per heavy atom. The van der Waals surface area contributed by atoms with Gasteiger partial charge in [-0.3, -0.25) is 15.1 Å². The Labute approximate surface area is 99.9 Å². The van der Waals surface area contributed by atoms with Crippen molar-refractivity contribution in [3.8, 4) is 0 Å². The summed E-state index contributed by atoms with van der Waals surface area (Å²) in [5.41, 5.74) is 1.91. The van der Waals surface area contributed by atoms with Crippen LogP contribution in [0.3, 0.4) is 0 Å². The van der Waals surface area contributed by atoms with Crippen LogP contribution in [-0.2, 0) is 0 Å². The van der Waals surface area contributed by atoms with E-state index in [0.29, 0.717) is 5.82 Å². The van der Waals surface area contributed by atoms with Gasteiger partial charge in [0.05, 0.1) is 11.0 Å². The van der Waals surface area contributed by atoms with E-state index in [2.05, 4.69) is 15.6 Å². The summed E-state index contributed by atoms with van der Waals surface area (Å²) < 4.78 is 0. The topological polar surface area (TPSA) is 80.1 Å². The van der Waals surface area contributed by atoms with Crippen LogP contribution in [0.15, 0.2) is 30.4 Å². The number of hydrogen-bond donors (Lipinski definition) is 2. The number of rotatable bonds is 5. The van der Waals surface area contributed by atoms with Gasteiger partial charge in [-0.05, 0) is 25.5 Å². The first-order valence-electron chi connectivity index (χ1n) is 5.25. The fourth-order valence-electron chi connectivity index (χ4n) is 1.33. The Bertz CT molecular complexity index is 414. The van der Waals surface area contributed by atoms with Crippen LogP contribution in [0.1, 0.15) is 24.2 Å². The summed E-state index contributed by atoms with van der Waals surface area (Å²) in [4.78, 5) is 14.0. The molecule has 6 heteroatoms. The van der Waals surface area contributed by atoms with Crippen LogP contribution in [0.2, 0.25) is 0 Å². The molecule has 2 N–H and O–H groups in total. The van der Waals surface area contributed by atoms with Crippen LogP contribution in [0, 0.1) is 17.0 Å². The maximum Gasteiger partial charge on any atom is 0.274 e. The molecule has 0 aromatic carbocycles. The highest BCUT2D eigenvalue weighted by Crippen LogP contribution is 2.12. The molecular formula is C11H16N4O2. The van der Waals surface area contributed by atoms with E-state index in [4.69, 9.17) is 0 Å². The highest BCUT2D eigenvalue weighted by Gasteiger charge is 2.08. The molecule has 0 aliphatic rings. The third-order valence-electron chi connectivity index (χ3n) is 2.31.